The van der Waals surface area contributed by atoms with Crippen LogP contribution in [0.25, 0.3) is 5.52 Å². The molecule has 106 valence electrons. The van der Waals surface area contributed by atoms with E-state index in [1.165, 1.54) is 25.7 Å². The number of H-pyrrole nitrogens is 1. The highest BCUT2D eigenvalue weighted by Crippen LogP contribution is 2.38. The van der Waals surface area contributed by atoms with Gasteiger partial charge in [0.15, 0.2) is 5.52 Å². The van der Waals surface area contributed by atoms with Crippen molar-refractivity contribution < 1.29 is 0 Å². The normalized spacial score (nSPS) is 20.1. The molecule has 0 unspecified atom stereocenters. The third-order valence-electron chi connectivity index (χ3n) is 4.64. The minimum absolute atomic E-state index is 0.0181. The molecule has 0 amide bonds. The average molecular weight is 272 g/mol. The minimum atomic E-state index is -0.0181. The van der Waals surface area contributed by atoms with Crippen molar-refractivity contribution in [3.05, 3.63) is 27.7 Å². The van der Waals surface area contributed by atoms with E-state index in [-0.39, 0.29) is 5.56 Å². The number of hydrogen-bond donors (Lipinski definition) is 1. The molecule has 2 aromatic heterocycles. The van der Waals surface area contributed by atoms with Gasteiger partial charge in [-0.25, -0.2) is 9.50 Å². The topological polar surface area (TPSA) is 63.1 Å². The number of aromatic nitrogens is 4. The first-order valence-corrected chi connectivity index (χ1v) is 7.79. The van der Waals surface area contributed by atoms with Gasteiger partial charge in [0.2, 0.25) is 0 Å². The summed E-state index contributed by atoms with van der Waals surface area (Å²) >= 11 is 0. The summed E-state index contributed by atoms with van der Waals surface area (Å²) in [5.41, 5.74) is 1.54. The Kier molecular flexibility index (Phi) is 2.69. The Bertz CT molecular complexity index is 704. The van der Waals surface area contributed by atoms with Crippen LogP contribution in [0.2, 0.25) is 0 Å². The zero-order valence-electron chi connectivity index (χ0n) is 11.9. The molecule has 20 heavy (non-hydrogen) atoms. The smallest absolute Gasteiger partial charge is 0.277 e. The lowest BCUT2D eigenvalue weighted by atomic mass is 10.1. The van der Waals surface area contributed by atoms with E-state index in [0.717, 1.165) is 36.6 Å². The molecule has 2 fully saturated rings. The van der Waals surface area contributed by atoms with Gasteiger partial charge in [0.05, 0.1) is 5.69 Å². The molecule has 5 heteroatoms. The van der Waals surface area contributed by atoms with Crippen molar-refractivity contribution in [3.63, 3.8) is 0 Å². The van der Waals surface area contributed by atoms with Gasteiger partial charge in [-0.15, -0.1) is 0 Å². The Balaban J connectivity index is 1.95. The monoisotopic (exact) mass is 272 g/mol. The molecule has 2 aromatic rings. The zero-order chi connectivity index (χ0) is 13.7. The summed E-state index contributed by atoms with van der Waals surface area (Å²) in [7, 11) is 0. The van der Waals surface area contributed by atoms with Crippen LogP contribution in [0, 0.1) is 0 Å². The number of nitrogens with zero attached hydrogens (tertiary/aromatic N) is 3. The highest BCUT2D eigenvalue weighted by Gasteiger charge is 2.29. The Morgan fingerprint density at radius 1 is 1.20 bits per heavy atom. The standard InChI is InChI=1S/C15H20N4O/c1-2-11-12-15(20)17-13(9-7-8-9)18-19(12)14(16-11)10-5-3-4-6-10/h9-10H,2-8H2,1H3,(H,17,18,20). The molecular weight excluding hydrogens is 252 g/mol. The Morgan fingerprint density at radius 3 is 2.60 bits per heavy atom. The van der Waals surface area contributed by atoms with E-state index < -0.39 is 0 Å². The summed E-state index contributed by atoms with van der Waals surface area (Å²) in [6, 6.07) is 0. The molecule has 4 rings (SSSR count). The first-order chi connectivity index (χ1) is 9.78. The number of aryl methyl sites for hydroxylation is 1. The van der Waals surface area contributed by atoms with Gasteiger partial charge in [-0.05, 0) is 32.1 Å². The van der Waals surface area contributed by atoms with Crippen molar-refractivity contribution in [2.75, 3.05) is 0 Å². The second-order valence-electron chi connectivity index (χ2n) is 6.13. The van der Waals surface area contributed by atoms with Gasteiger partial charge >= 0.3 is 0 Å². The quantitative estimate of drug-likeness (QED) is 0.933. The molecule has 0 spiro atoms. The van der Waals surface area contributed by atoms with Crippen LogP contribution in [0.3, 0.4) is 0 Å². The molecule has 0 radical (unpaired) electrons. The summed E-state index contributed by atoms with van der Waals surface area (Å²) in [6.45, 7) is 2.05. The Labute approximate surface area is 117 Å². The third-order valence-corrected chi connectivity index (χ3v) is 4.64. The van der Waals surface area contributed by atoms with E-state index in [2.05, 4.69) is 11.9 Å². The second kappa shape index (κ2) is 4.43. The van der Waals surface area contributed by atoms with Crippen molar-refractivity contribution in [1.29, 1.82) is 0 Å². The van der Waals surface area contributed by atoms with Crippen LogP contribution in [0.1, 0.15) is 74.6 Å². The first kappa shape index (κ1) is 12.1. The number of nitrogens with one attached hydrogen (secondary N) is 1. The highest BCUT2D eigenvalue weighted by molar-refractivity contribution is 5.51. The van der Waals surface area contributed by atoms with E-state index >= 15 is 0 Å². The number of rotatable bonds is 3. The zero-order valence-corrected chi connectivity index (χ0v) is 11.9. The molecule has 2 aliphatic rings. The molecule has 5 nitrogen and oxygen atoms in total. The van der Waals surface area contributed by atoms with Gasteiger partial charge < -0.3 is 4.98 Å². The van der Waals surface area contributed by atoms with E-state index in [9.17, 15) is 4.79 Å². The number of aromatic amines is 1. The van der Waals surface area contributed by atoms with Gasteiger partial charge in [0, 0.05) is 11.8 Å². The minimum Gasteiger partial charge on any atom is -0.307 e. The molecule has 0 bridgehead atoms. The van der Waals surface area contributed by atoms with Crippen LogP contribution in [-0.2, 0) is 6.42 Å². The van der Waals surface area contributed by atoms with E-state index in [4.69, 9.17) is 10.1 Å². The summed E-state index contributed by atoms with van der Waals surface area (Å²) in [5, 5.41) is 4.71. The summed E-state index contributed by atoms with van der Waals surface area (Å²) < 4.78 is 1.86. The van der Waals surface area contributed by atoms with Crippen molar-refractivity contribution in [1.82, 2.24) is 19.6 Å². The molecule has 2 saturated carbocycles. The van der Waals surface area contributed by atoms with Crippen molar-refractivity contribution >= 4 is 5.52 Å². The fraction of sp³-hybridized carbons (Fsp3) is 0.667. The fourth-order valence-electron chi connectivity index (χ4n) is 3.35. The van der Waals surface area contributed by atoms with Crippen LogP contribution in [-0.4, -0.2) is 19.6 Å². The lowest BCUT2D eigenvalue weighted by Crippen LogP contribution is -2.17. The lowest BCUT2D eigenvalue weighted by Gasteiger charge is -2.07. The van der Waals surface area contributed by atoms with Gasteiger partial charge in [-0.1, -0.05) is 19.8 Å². The number of imidazole rings is 1. The van der Waals surface area contributed by atoms with Crippen molar-refractivity contribution in [2.45, 2.75) is 63.7 Å². The van der Waals surface area contributed by atoms with Crippen molar-refractivity contribution in [3.8, 4) is 0 Å². The predicted octanol–water partition coefficient (Wildman–Crippen LogP) is 2.52. The SMILES string of the molecule is CCc1nc(C2CCCC2)n2nc(C3CC3)[nH]c(=O)c12. The van der Waals surface area contributed by atoms with Gasteiger partial charge in [0.1, 0.15) is 11.6 Å². The predicted molar refractivity (Wildman–Crippen MR) is 76.2 cm³/mol. The maximum Gasteiger partial charge on any atom is 0.277 e. The lowest BCUT2D eigenvalue weighted by molar-refractivity contribution is 0.629. The molecule has 1 N–H and O–H groups in total. The maximum absolute atomic E-state index is 12.4. The van der Waals surface area contributed by atoms with Gasteiger partial charge in [0.25, 0.3) is 5.56 Å². The van der Waals surface area contributed by atoms with Crippen LogP contribution >= 0.6 is 0 Å². The maximum atomic E-state index is 12.4. The number of fused-ring (bicyclic) bond motifs is 1. The van der Waals surface area contributed by atoms with E-state index in [1.807, 2.05) is 4.52 Å². The van der Waals surface area contributed by atoms with Crippen molar-refractivity contribution in [2.24, 2.45) is 0 Å². The average Bonchev–Trinajstić information content (AvgIpc) is 3.02. The van der Waals surface area contributed by atoms with Crippen LogP contribution in [0.15, 0.2) is 4.79 Å². The van der Waals surface area contributed by atoms with Gasteiger partial charge in [-0.2, -0.15) is 5.10 Å². The Morgan fingerprint density at radius 2 is 1.95 bits per heavy atom. The Hall–Kier alpha value is -1.65. The van der Waals surface area contributed by atoms with E-state index in [0.29, 0.717) is 17.4 Å². The molecular formula is C15H20N4O. The highest BCUT2D eigenvalue weighted by atomic mass is 16.1. The molecule has 0 saturated heterocycles. The molecule has 2 heterocycles. The molecule has 0 aromatic carbocycles. The summed E-state index contributed by atoms with van der Waals surface area (Å²) in [4.78, 5) is 20.1. The van der Waals surface area contributed by atoms with Crippen LogP contribution in [0.5, 0.6) is 0 Å². The summed E-state index contributed by atoms with van der Waals surface area (Å²) in [6.07, 6.45) is 7.94. The van der Waals surface area contributed by atoms with E-state index in [1.54, 1.807) is 0 Å². The summed E-state index contributed by atoms with van der Waals surface area (Å²) in [5.74, 6) is 2.80. The molecule has 0 atom stereocenters. The second-order valence-corrected chi connectivity index (χ2v) is 6.13. The first-order valence-electron chi connectivity index (χ1n) is 7.79. The molecule has 0 aliphatic heterocycles. The van der Waals surface area contributed by atoms with Gasteiger partial charge in [-0.3, -0.25) is 4.79 Å². The number of hydrogen-bond acceptors (Lipinski definition) is 3. The van der Waals surface area contributed by atoms with Crippen LogP contribution < -0.4 is 5.56 Å². The fourth-order valence-corrected chi connectivity index (χ4v) is 3.35. The van der Waals surface area contributed by atoms with Crippen LogP contribution in [0.4, 0.5) is 0 Å². The largest absolute Gasteiger partial charge is 0.307 e. The molecule has 2 aliphatic carbocycles. The third kappa shape index (κ3) is 1.79.